The van der Waals surface area contributed by atoms with Gasteiger partial charge in [-0.3, -0.25) is 13.9 Å². The van der Waals surface area contributed by atoms with Crippen molar-refractivity contribution in [3.63, 3.8) is 0 Å². The molecule has 0 aliphatic heterocycles. The summed E-state index contributed by atoms with van der Waals surface area (Å²) in [5.74, 6) is -0.726. The van der Waals surface area contributed by atoms with E-state index in [1.54, 1.807) is 37.3 Å². The summed E-state index contributed by atoms with van der Waals surface area (Å²) in [5, 5.41) is 3.26. The Bertz CT molecular complexity index is 1110. The molecule has 0 saturated heterocycles. The summed E-state index contributed by atoms with van der Waals surface area (Å²) >= 11 is 12.4. The van der Waals surface area contributed by atoms with E-state index in [-0.39, 0.29) is 28.9 Å². The number of rotatable bonds is 10. The van der Waals surface area contributed by atoms with Gasteiger partial charge in [-0.2, -0.15) is 0 Å². The Morgan fingerprint density at radius 2 is 1.82 bits per heavy atom. The molecule has 11 heteroatoms. The first-order valence-electron chi connectivity index (χ1n) is 10.1. The van der Waals surface area contributed by atoms with Crippen LogP contribution in [0.1, 0.15) is 18.9 Å². The summed E-state index contributed by atoms with van der Waals surface area (Å²) in [6.45, 7) is 1.23. The highest BCUT2D eigenvalue weighted by atomic mass is 35.5. The molecule has 1 N–H and O–H groups in total. The molecule has 2 amide bonds. The Hall–Kier alpha value is -2.49. The number of ether oxygens (including phenoxy) is 1. The number of hydrogen-bond acceptors (Lipinski definition) is 5. The molecule has 0 aliphatic rings. The van der Waals surface area contributed by atoms with Crippen molar-refractivity contribution >= 4 is 50.7 Å². The van der Waals surface area contributed by atoms with E-state index in [1.165, 1.54) is 31.2 Å². The maximum Gasteiger partial charge on any atom is 0.244 e. The third-order valence-corrected chi connectivity index (χ3v) is 6.75. The minimum absolute atomic E-state index is 0.0225. The lowest BCUT2D eigenvalue weighted by molar-refractivity contribution is -0.140. The number of sulfonamides is 1. The number of amides is 2. The van der Waals surface area contributed by atoms with E-state index in [1.807, 2.05) is 0 Å². The molecule has 0 bridgehead atoms. The van der Waals surface area contributed by atoms with Crippen molar-refractivity contribution in [1.82, 2.24) is 10.2 Å². The lowest BCUT2D eigenvalue weighted by atomic mass is 10.1. The van der Waals surface area contributed by atoms with Crippen molar-refractivity contribution < 1.29 is 22.7 Å². The average Bonchev–Trinajstić information content (AvgIpc) is 2.77. The third kappa shape index (κ3) is 6.75. The molecule has 0 saturated carbocycles. The average molecular weight is 516 g/mol. The van der Waals surface area contributed by atoms with Crippen molar-refractivity contribution in [3.05, 3.63) is 58.1 Å². The van der Waals surface area contributed by atoms with Gasteiger partial charge >= 0.3 is 0 Å². The monoisotopic (exact) mass is 515 g/mol. The molecule has 33 heavy (non-hydrogen) atoms. The van der Waals surface area contributed by atoms with E-state index < -0.39 is 28.5 Å². The van der Waals surface area contributed by atoms with Crippen LogP contribution < -0.4 is 14.4 Å². The van der Waals surface area contributed by atoms with Gasteiger partial charge in [-0.05, 0) is 36.2 Å². The number of carbonyl (C=O) groups excluding carboxylic acids is 2. The number of anilines is 1. The predicted octanol–water partition coefficient (Wildman–Crippen LogP) is 3.32. The first kappa shape index (κ1) is 26.8. The highest BCUT2D eigenvalue weighted by molar-refractivity contribution is 7.92. The van der Waals surface area contributed by atoms with Crippen LogP contribution >= 0.6 is 23.2 Å². The van der Waals surface area contributed by atoms with Crippen LogP contribution in [0.5, 0.6) is 5.75 Å². The minimum atomic E-state index is -3.91. The van der Waals surface area contributed by atoms with Crippen LogP contribution in [-0.2, 0) is 26.2 Å². The number of hydrogen-bond donors (Lipinski definition) is 1. The van der Waals surface area contributed by atoms with Crippen LogP contribution in [0.25, 0.3) is 0 Å². The van der Waals surface area contributed by atoms with Gasteiger partial charge in [0.25, 0.3) is 0 Å². The SMILES string of the molecule is CCC(C(=O)NC)N(Cc1ccccc1Cl)C(=O)CN(c1cc(Cl)ccc1OC)S(C)(=O)=O. The molecular weight excluding hydrogens is 489 g/mol. The Balaban J connectivity index is 2.52. The summed E-state index contributed by atoms with van der Waals surface area (Å²) in [4.78, 5) is 27.4. The molecule has 0 fully saturated rings. The van der Waals surface area contributed by atoms with Crippen LogP contribution in [0, 0.1) is 0 Å². The van der Waals surface area contributed by atoms with Gasteiger partial charge in [-0.1, -0.05) is 48.3 Å². The largest absolute Gasteiger partial charge is 0.495 e. The Morgan fingerprint density at radius 1 is 1.15 bits per heavy atom. The molecule has 0 radical (unpaired) electrons. The first-order chi connectivity index (χ1) is 15.5. The maximum atomic E-state index is 13.5. The fourth-order valence-corrected chi connectivity index (χ4v) is 4.56. The fraction of sp³-hybridized carbons (Fsp3) is 0.364. The lowest BCUT2D eigenvalue weighted by Gasteiger charge is -2.33. The van der Waals surface area contributed by atoms with E-state index in [9.17, 15) is 18.0 Å². The normalized spacial score (nSPS) is 12.1. The topological polar surface area (TPSA) is 96.0 Å². The summed E-state index contributed by atoms with van der Waals surface area (Å²) in [6, 6.07) is 10.6. The van der Waals surface area contributed by atoms with Gasteiger partial charge in [-0.15, -0.1) is 0 Å². The summed E-state index contributed by atoms with van der Waals surface area (Å²) in [5.41, 5.74) is 0.743. The Morgan fingerprint density at radius 3 is 2.36 bits per heavy atom. The molecule has 0 aliphatic carbocycles. The van der Waals surface area contributed by atoms with E-state index in [0.29, 0.717) is 17.0 Å². The highest BCUT2D eigenvalue weighted by Crippen LogP contribution is 2.33. The van der Waals surface area contributed by atoms with Crippen LogP contribution in [0.2, 0.25) is 10.0 Å². The van der Waals surface area contributed by atoms with Gasteiger partial charge in [0, 0.05) is 23.6 Å². The Kier molecular flexibility index (Phi) is 9.39. The molecular formula is C22H27Cl2N3O5S. The van der Waals surface area contributed by atoms with Crippen LogP contribution in [-0.4, -0.2) is 58.1 Å². The number of halogens is 2. The number of carbonyl (C=O) groups is 2. The van der Waals surface area contributed by atoms with Gasteiger partial charge in [0.2, 0.25) is 21.8 Å². The standard InChI is InChI=1S/C22H27Cl2N3O5S/c1-5-18(22(29)25-2)26(13-15-8-6-7-9-17(15)24)21(28)14-27(33(4,30)31)19-12-16(23)10-11-20(19)32-3/h6-12,18H,5,13-14H2,1-4H3,(H,25,29). The lowest BCUT2D eigenvalue weighted by Crippen LogP contribution is -2.51. The molecule has 0 heterocycles. The van der Waals surface area contributed by atoms with E-state index >= 15 is 0 Å². The van der Waals surface area contributed by atoms with Crippen molar-refractivity contribution in [1.29, 1.82) is 0 Å². The zero-order valence-corrected chi connectivity index (χ0v) is 21.2. The minimum Gasteiger partial charge on any atom is -0.495 e. The summed E-state index contributed by atoms with van der Waals surface area (Å²) in [6.07, 6.45) is 1.30. The molecule has 2 aromatic carbocycles. The third-order valence-electron chi connectivity index (χ3n) is 5.02. The van der Waals surface area contributed by atoms with Gasteiger partial charge in [0.1, 0.15) is 18.3 Å². The molecule has 2 rings (SSSR count). The first-order valence-corrected chi connectivity index (χ1v) is 12.7. The molecule has 1 unspecified atom stereocenters. The molecule has 2 aromatic rings. The van der Waals surface area contributed by atoms with Crippen LogP contribution in [0.3, 0.4) is 0 Å². The maximum absolute atomic E-state index is 13.5. The van der Waals surface area contributed by atoms with E-state index in [4.69, 9.17) is 27.9 Å². The summed E-state index contributed by atoms with van der Waals surface area (Å²) in [7, 11) is -1.05. The summed E-state index contributed by atoms with van der Waals surface area (Å²) < 4.78 is 31.5. The number of methoxy groups -OCH3 is 1. The molecule has 180 valence electrons. The number of nitrogens with one attached hydrogen (secondary N) is 1. The number of nitrogens with zero attached hydrogens (tertiary/aromatic N) is 2. The van der Waals surface area contributed by atoms with Crippen molar-refractivity contribution in [2.45, 2.75) is 25.9 Å². The highest BCUT2D eigenvalue weighted by Gasteiger charge is 2.32. The van der Waals surface area contributed by atoms with Gasteiger partial charge in [0.05, 0.1) is 19.1 Å². The van der Waals surface area contributed by atoms with Crippen LogP contribution in [0.4, 0.5) is 5.69 Å². The second kappa shape index (κ2) is 11.6. The molecule has 0 spiro atoms. The Labute approximate surface area is 204 Å². The van der Waals surface area contributed by atoms with Crippen molar-refractivity contribution in [2.75, 3.05) is 31.3 Å². The molecule has 1 atom stereocenters. The van der Waals surface area contributed by atoms with Crippen molar-refractivity contribution in [3.8, 4) is 5.75 Å². The number of benzene rings is 2. The van der Waals surface area contributed by atoms with Crippen molar-refractivity contribution in [2.24, 2.45) is 0 Å². The quantitative estimate of drug-likeness (QED) is 0.523. The van der Waals surface area contributed by atoms with Crippen LogP contribution in [0.15, 0.2) is 42.5 Å². The molecule has 0 aromatic heterocycles. The smallest absolute Gasteiger partial charge is 0.244 e. The van der Waals surface area contributed by atoms with Gasteiger partial charge < -0.3 is 15.0 Å². The second-order valence-corrected chi connectivity index (χ2v) is 9.99. The van der Waals surface area contributed by atoms with Gasteiger partial charge in [0.15, 0.2) is 0 Å². The fourth-order valence-electron chi connectivity index (χ4n) is 3.35. The van der Waals surface area contributed by atoms with E-state index in [2.05, 4.69) is 5.32 Å². The second-order valence-electron chi connectivity index (χ2n) is 7.24. The predicted molar refractivity (Wildman–Crippen MR) is 130 cm³/mol. The number of likely N-dealkylation sites (N-methyl/N-ethyl adjacent to an activating group) is 1. The zero-order chi connectivity index (χ0) is 24.8. The van der Waals surface area contributed by atoms with E-state index in [0.717, 1.165) is 10.6 Å². The molecule has 8 nitrogen and oxygen atoms in total. The zero-order valence-electron chi connectivity index (χ0n) is 18.8. The van der Waals surface area contributed by atoms with Gasteiger partial charge in [-0.25, -0.2) is 8.42 Å².